The number of nitrogens with zero attached hydrogens (tertiary/aromatic N) is 1. The highest BCUT2D eigenvalue weighted by molar-refractivity contribution is 5.71. The standard InChI is InChI=1S/C86H137NO8/c1-6-8-10-12-14-16-18-20-22-24-26-28-30-32-34-36-38-40-41-42-43-45-46-48-50-52-54-56-58-60-62-64-66-68-70-72-74-76-83(88)93-80-82(81-94-86(85(90)91)92-79-78-87(3,4)5)95-84(89)77-75-73-71-69-67-65-63-61-59-57-55-53-51-49-47-44-39-37-35-33-31-29-27-25-23-21-19-17-15-13-11-9-7-2/h8-11,14-17,20-23,26-29,32-35,38-40,42-44,49,51,55,57,61,63,82,86H,6-7,12-13,18-19,24-25,30-31,36-37,41,45-48,50,52-54,56,58-60,62,64-81H2,1-5H3/p+1/b10-8-,11-9-,16-14-,17-15-,22-20-,23-21-,28-26-,29-27-,34-32-,35-33-,40-38-,43-42-,44-39-,51-49-,57-55-,63-61-. The molecule has 0 radical (unpaired) electrons. The van der Waals surface area contributed by atoms with Gasteiger partial charge in [0.05, 0.1) is 34.4 Å². The van der Waals surface area contributed by atoms with Crippen LogP contribution in [0.25, 0.3) is 0 Å². The number of carbonyl (C=O) groups excluding carboxylic acids is 2. The van der Waals surface area contributed by atoms with Gasteiger partial charge in [0.1, 0.15) is 13.2 Å². The van der Waals surface area contributed by atoms with Crippen molar-refractivity contribution in [3.05, 3.63) is 194 Å². The second-order valence-electron chi connectivity index (χ2n) is 25.5. The lowest BCUT2D eigenvalue weighted by Crippen LogP contribution is -2.40. The predicted octanol–water partition coefficient (Wildman–Crippen LogP) is 24.1. The van der Waals surface area contributed by atoms with Crippen LogP contribution in [0.4, 0.5) is 0 Å². The number of aliphatic carboxylic acids is 1. The van der Waals surface area contributed by atoms with Crippen molar-refractivity contribution < 1.29 is 42.9 Å². The summed E-state index contributed by atoms with van der Waals surface area (Å²) < 4.78 is 23.0. The van der Waals surface area contributed by atoms with Gasteiger partial charge in [0, 0.05) is 12.8 Å². The molecule has 1 N–H and O–H groups in total. The largest absolute Gasteiger partial charge is 0.477 e. The van der Waals surface area contributed by atoms with Crippen LogP contribution in [0.5, 0.6) is 0 Å². The Morgan fingerprint density at radius 3 is 0.842 bits per heavy atom. The maximum absolute atomic E-state index is 13.0. The van der Waals surface area contributed by atoms with Crippen LogP contribution in [0.1, 0.15) is 271 Å². The molecule has 0 aliphatic rings. The Bertz CT molecular complexity index is 2270. The SMILES string of the molecule is CC/C=C\C/C=C\C/C=C\C/C=C\C/C=C\C/C=C\C/C=C\C/C=C\C/C=C\CCCCCCCC(=O)OC(COC(=O)CCCCCCCCCCCCCCCCC/C=C\C/C=C\C/C=C\C/C=C\C/C=C\C/C=C\C/C=C\CC)COC(OCC[N+](C)(C)C)C(=O)O. The van der Waals surface area contributed by atoms with E-state index in [9.17, 15) is 19.5 Å². The van der Waals surface area contributed by atoms with Gasteiger partial charge in [-0.05, 0) is 141 Å². The number of carbonyl (C=O) groups is 3. The van der Waals surface area contributed by atoms with Gasteiger partial charge in [-0.25, -0.2) is 4.79 Å². The number of carboxylic acid groups (broad SMARTS) is 1. The molecule has 0 saturated heterocycles. The maximum atomic E-state index is 13.0. The van der Waals surface area contributed by atoms with E-state index >= 15 is 0 Å². The number of hydrogen-bond donors (Lipinski definition) is 1. The van der Waals surface area contributed by atoms with E-state index in [1.807, 2.05) is 21.1 Å². The minimum atomic E-state index is -1.53. The first-order chi connectivity index (χ1) is 46.6. The number of esters is 2. The van der Waals surface area contributed by atoms with Crippen molar-refractivity contribution in [2.24, 2.45) is 0 Å². The summed E-state index contributed by atoms with van der Waals surface area (Å²) in [5, 5.41) is 9.76. The van der Waals surface area contributed by atoms with E-state index in [4.69, 9.17) is 18.9 Å². The van der Waals surface area contributed by atoms with Crippen LogP contribution in [-0.2, 0) is 33.3 Å². The van der Waals surface area contributed by atoms with E-state index in [-0.39, 0.29) is 38.6 Å². The van der Waals surface area contributed by atoms with Crippen molar-refractivity contribution in [2.75, 3.05) is 47.5 Å². The molecule has 2 atom stereocenters. The summed E-state index contributed by atoms with van der Waals surface area (Å²) in [5.41, 5.74) is 0. The number of quaternary nitrogens is 1. The Morgan fingerprint density at radius 2 is 0.568 bits per heavy atom. The van der Waals surface area contributed by atoms with E-state index in [1.165, 1.54) is 83.5 Å². The summed E-state index contributed by atoms with van der Waals surface area (Å²) in [4.78, 5) is 37.7. The summed E-state index contributed by atoms with van der Waals surface area (Å²) in [7, 11) is 5.96. The fraction of sp³-hybridized carbons (Fsp3) is 0.593. The average molecular weight is 1310 g/mol. The molecule has 0 aromatic heterocycles. The summed E-state index contributed by atoms with van der Waals surface area (Å²) in [6.07, 6.45) is 111. The minimum absolute atomic E-state index is 0.174. The average Bonchev–Trinajstić information content (AvgIpc) is 3.75. The van der Waals surface area contributed by atoms with Crippen LogP contribution in [0.3, 0.4) is 0 Å². The highest BCUT2D eigenvalue weighted by atomic mass is 16.7. The zero-order valence-electron chi connectivity index (χ0n) is 61.0. The lowest BCUT2D eigenvalue weighted by molar-refractivity contribution is -0.870. The van der Waals surface area contributed by atoms with Crippen molar-refractivity contribution in [2.45, 2.75) is 283 Å². The van der Waals surface area contributed by atoms with Gasteiger partial charge in [0.15, 0.2) is 6.10 Å². The Morgan fingerprint density at radius 1 is 0.316 bits per heavy atom. The van der Waals surface area contributed by atoms with E-state index in [0.29, 0.717) is 17.4 Å². The molecule has 9 heteroatoms. The number of unbranched alkanes of at least 4 members (excludes halogenated alkanes) is 20. The van der Waals surface area contributed by atoms with Crippen LogP contribution < -0.4 is 0 Å². The van der Waals surface area contributed by atoms with Gasteiger partial charge in [0.2, 0.25) is 0 Å². The Balaban J connectivity index is 4.18. The maximum Gasteiger partial charge on any atom is 0.361 e. The topological polar surface area (TPSA) is 108 Å². The second-order valence-corrected chi connectivity index (χ2v) is 25.5. The normalized spacial score (nSPS) is 13.8. The molecule has 0 rings (SSSR count). The third-order valence-corrected chi connectivity index (χ3v) is 15.3. The molecule has 0 aromatic carbocycles. The lowest BCUT2D eigenvalue weighted by atomic mass is 10.0. The molecule has 9 nitrogen and oxygen atoms in total. The molecule has 534 valence electrons. The predicted molar refractivity (Wildman–Crippen MR) is 409 cm³/mol. The van der Waals surface area contributed by atoms with E-state index in [1.54, 1.807) is 0 Å². The Hall–Kier alpha value is -5.87. The van der Waals surface area contributed by atoms with Crippen LogP contribution >= 0.6 is 0 Å². The number of rotatable bonds is 67. The molecule has 0 aliphatic carbocycles. The van der Waals surface area contributed by atoms with Crippen molar-refractivity contribution in [3.8, 4) is 0 Å². The molecule has 95 heavy (non-hydrogen) atoms. The first-order valence-electron chi connectivity index (χ1n) is 37.6. The number of likely N-dealkylation sites (N-methyl/N-ethyl adjacent to an activating group) is 1. The number of ether oxygens (including phenoxy) is 4. The van der Waals surface area contributed by atoms with Gasteiger partial charge in [-0.1, -0.05) is 311 Å². The van der Waals surface area contributed by atoms with Gasteiger partial charge in [-0.3, -0.25) is 9.59 Å². The van der Waals surface area contributed by atoms with Crippen molar-refractivity contribution in [1.29, 1.82) is 0 Å². The monoisotopic (exact) mass is 1310 g/mol. The van der Waals surface area contributed by atoms with Gasteiger partial charge >= 0.3 is 17.9 Å². The first-order valence-corrected chi connectivity index (χ1v) is 37.6. The summed E-state index contributed by atoms with van der Waals surface area (Å²) >= 11 is 0. The van der Waals surface area contributed by atoms with Gasteiger partial charge in [0.25, 0.3) is 6.29 Å². The third kappa shape index (κ3) is 75.4. The number of allylic oxidation sites excluding steroid dienone is 32. The minimum Gasteiger partial charge on any atom is -0.477 e. The van der Waals surface area contributed by atoms with Crippen molar-refractivity contribution in [1.82, 2.24) is 0 Å². The molecular weight excluding hydrogens is 1170 g/mol. The Labute approximate surface area is 582 Å². The molecule has 0 saturated carbocycles. The highest BCUT2D eigenvalue weighted by Gasteiger charge is 2.25. The second kappa shape index (κ2) is 73.9. The van der Waals surface area contributed by atoms with Crippen molar-refractivity contribution in [3.63, 3.8) is 0 Å². The zero-order chi connectivity index (χ0) is 69.0. The lowest BCUT2D eigenvalue weighted by Gasteiger charge is -2.25. The number of carboxylic acids is 1. The molecular formula is C86H138NO8+. The quantitative estimate of drug-likeness (QED) is 0.0211. The Kier molecular flexibility index (Phi) is 69.4. The highest BCUT2D eigenvalue weighted by Crippen LogP contribution is 2.16. The summed E-state index contributed by atoms with van der Waals surface area (Å²) in [6, 6.07) is 0. The van der Waals surface area contributed by atoms with Gasteiger partial charge in [-0.2, -0.15) is 0 Å². The zero-order valence-corrected chi connectivity index (χ0v) is 61.0. The summed E-state index contributed by atoms with van der Waals surface area (Å²) in [6.45, 7) is 4.61. The fourth-order valence-electron chi connectivity index (χ4n) is 9.69. The molecule has 0 heterocycles. The molecule has 2 unspecified atom stereocenters. The van der Waals surface area contributed by atoms with Crippen LogP contribution in [-0.4, -0.2) is 87.4 Å². The van der Waals surface area contributed by atoms with Gasteiger partial charge in [-0.15, -0.1) is 0 Å². The van der Waals surface area contributed by atoms with E-state index in [0.717, 1.165) is 154 Å². The van der Waals surface area contributed by atoms with Crippen LogP contribution in [0, 0.1) is 0 Å². The van der Waals surface area contributed by atoms with E-state index in [2.05, 4.69) is 208 Å². The fourth-order valence-corrected chi connectivity index (χ4v) is 9.69. The summed E-state index contributed by atoms with van der Waals surface area (Å²) in [5.74, 6) is -2.05. The smallest absolute Gasteiger partial charge is 0.361 e. The van der Waals surface area contributed by atoms with Gasteiger partial charge < -0.3 is 28.5 Å². The number of hydrogen-bond acceptors (Lipinski definition) is 7. The molecule has 0 bridgehead atoms. The van der Waals surface area contributed by atoms with Crippen molar-refractivity contribution >= 4 is 17.9 Å². The molecule has 0 aliphatic heterocycles. The van der Waals surface area contributed by atoms with E-state index < -0.39 is 24.3 Å². The third-order valence-electron chi connectivity index (χ3n) is 15.3. The van der Waals surface area contributed by atoms with Crippen LogP contribution in [0.2, 0.25) is 0 Å². The molecule has 0 fully saturated rings. The first kappa shape index (κ1) is 89.1. The van der Waals surface area contributed by atoms with Crippen LogP contribution in [0.15, 0.2) is 194 Å². The molecule has 0 spiro atoms. The molecule has 0 amide bonds. The molecule has 0 aromatic rings.